The van der Waals surface area contributed by atoms with E-state index in [1.54, 1.807) is 11.8 Å². The minimum Gasteiger partial charge on any atom is -0.456 e. The van der Waals surface area contributed by atoms with Crippen LogP contribution in [0.5, 0.6) is 0 Å². The molecule has 0 bridgehead atoms. The van der Waals surface area contributed by atoms with E-state index in [1.165, 1.54) is 23.1 Å². The second-order valence-electron chi connectivity index (χ2n) is 6.46. The predicted octanol–water partition coefficient (Wildman–Crippen LogP) is 4.15. The van der Waals surface area contributed by atoms with Gasteiger partial charge in [0.1, 0.15) is 0 Å². The number of ether oxygens (including phenoxy) is 1. The van der Waals surface area contributed by atoms with Crippen LogP contribution < -0.4 is 5.32 Å². The summed E-state index contributed by atoms with van der Waals surface area (Å²) in [4.78, 5) is 24.9. The second-order valence-corrected chi connectivity index (χ2v) is 7.63. The van der Waals surface area contributed by atoms with Gasteiger partial charge in [-0.15, -0.1) is 11.8 Å². The summed E-state index contributed by atoms with van der Waals surface area (Å²) in [7, 11) is 0. The third kappa shape index (κ3) is 5.36. The van der Waals surface area contributed by atoms with Crippen LogP contribution >= 0.6 is 11.8 Å². The van der Waals surface area contributed by atoms with Crippen LogP contribution in [0.25, 0.3) is 0 Å². The molecule has 1 aliphatic rings. The maximum atomic E-state index is 12.0. The van der Waals surface area contributed by atoms with Crippen molar-refractivity contribution < 1.29 is 14.3 Å². The van der Waals surface area contributed by atoms with Crippen LogP contribution in [0.2, 0.25) is 0 Å². The summed E-state index contributed by atoms with van der Waals surface area (Å²) in [6.07, 6.45) is 3.63. The molecule has 5 heteroatoms. The van der Waals surface area contributed by atoms with Gasteiger partial charge in [0.15, 0.2) is 6.61 Å². The van der Waals surface area contributed by atoms with E-state index in [2.05, 4.69) is 11.4 Å². The number of fused-ring (bicyclic) bond motifs is 1. The summed E-state index contributed by atoms with van der Waals surface area (Å²) in [5.41, 5.74) is 4.64. The predicted molar refractivity (Wildman–Crippen MR) is 105 cm³/mol. The molecule has 0 saturated carbocycles. The van der Waals surface area contributed by atoms with Gasteiger partial charge in [0, 0.05) is 16.3 Å². The quantitative estimate of drug-likeness (QED) is 0.588. The highest BCUT2D eigenvalue weighted by atomic mass is 32.2. The van der Waals surface area contributed by atoms with Gasteiger partial charge < -0.3 is 10.1 Å². The number of thioether (sulfide) groups is 1. The van der Waals surface area contributed by atoms with Crippen LogP contribution in [0.15, 0.2) is 47.4 Å². The number of aryl methyl sites for hydroxylation is 3. The SMILES string of the molecule is Cc1ccc(SCCC(=O)OCC(=O)Nc2ccc3c(c2)CCC3)cc1. The van der Waals surface area contributed by atoms with Crippen molar-refractivity contribution in [1.29, 1.82) is 0 Å². The lowest BCUT2D eigenvalue weighted by atomic mass is 10.1. The molecule has 0 heterocycles. The lowest BCUT2D eigenvalue weighted by Crippen LogP contribution is -2.21. The van der Waals surface area contributed by atoms with E-state index in [0.717, 1.165) is 23.4 Å². The highest BCUT2D eigenvalue weighted by Crippen LogP contribution is 2.24. The van der Waals surface area contributed by atoms with Crippen LogP contribution in [-0.2, 0) is 27.2 Å². The average Bonchev–Trinajstić information content (AvgIpc) is 3.09. The number of rotatable bonds is 7. The first-order valence-electron chi connectivity index (χ1n) is 8.87. The van der Waals surface area contributed by atoms with Gasteiger partial charge in [-0.25, -0.2) is 0 Å². The number of hydrogen-bond donors (Lipinski definition) is 1. The van der Waals surface area contributed by atoms with Gasteiger partial charge in [0.05, 0.1) is 6.42 Å². The lowest BCUT2D eigenvalue weighted by molar-refractivity contribution is -0.146. The van der Waals surface area contributed by atoms with E-state index in [1.807, 2.05) is 43.3 Å². The van der Waals surface area contributed by atoms with Crippen molar-refractivity contribution in [1.82, 2.24) is 0 Å². The summed E-state index contributed by atoms with van der Waals surface area (Å²) in [5, 5.41) is 2.79. The first-order chi connectivity index (χ1) is 12.6. The van der Waals surface area contributed by atoms with E-state index in [-0.39, 0.29) is 24.9 Å². The fourth-order valence-electron chi connectivity index (χ4n) is 2.95. The molecule has 26 heavy (non-hydrogen) atoms. The second kappa shape index (κ2) is 8.90. The smallest absolute Gasteiger partial charge is 0.307 e. The van der Waals surface area contributed by atoms with Gasteiger partial charge in [0.2, 0.25) is 0 Å². The van der Waals surface area contributed by atoms with E-state index < -0.39 is 0 Å². The minimum atomic E-state index is -0.353. The fourth-order valence-corrected chi connectivity index (χ4v) is 3.78. The summed E-state index contributed by atoms with van der Waals surface area (Å²) in [6.45, 7) is 1.80. The van der Waals surface area contributed by atoms with Crippen molar-refractivity contribution in [2.45, 2.75) is 37.5 Å². The Labute approximate surface area is 158 Å². The largest absolute Gasteiger partial charge is 0.456 e. The first-order valence-corrected chi connectivity index (χ1v) is 9.85. The number of benzene rings is 2. The van der Waals surface area contributed by atoms with Gasteiger partial charge in [-0.05, 0) is 61.6 Å². The molecule has 0 fully saturated rings. The molecule has 2 aromatic rings. The standard InChI is InChI=1S/C21H23NO3S/c1-15-5-9-19(10-6-15)26-12-11-21(24)25-14-20(23)22-18-8-7-16-3-2-4-17(16)13-18/h5-10,13H,2-4,11-12,14H2,1H3,(H,22,23). The maximum Gasteiger partial charge on any atom is 0.307 e. The molecule has 136 valence electrons. The molecule has 0 radical (unpaired) electrons. The van der Waals surface area contributed by atoms with Crippen LogP contribution in [0.3, 0.4) is 0 Å². The number of esters is 1. The van der Waals surface area contributed by atoms with Crippen LogP contribution in [0, 0.1) is 6.92 Å². The molecule has 1 amide bonds. The molecule has 0 spiro atoms. The monoisotopic (exact) mass is 369 g/mol. The minimum absolute atomic E-state index is 0.245. The molecule has 1 aliphatic carbocycles. The number of amides is 1. The zero-order valence-electron chi connectivity index (χ0n) is 14.9. The van der Waals surface area contributed by atoms with Crippen LogP contribution in [-0.4, -0.2) is 24.2 Å². The number of anilines is 1. The number of carbonyl (C=O) groups is 2. The Balaban J connectivity index is 1.36. The van der Waals surface area contributed by atoms with Gasteiger partial charge in [-0.1, -0.05) is 23.8 Å². The highest BCUT2D eigenvalue weighted by Gasteiger charge is 2.13. The molecule has 0 unspecified atom stereocenters. The van der Waals surface area contributed by atoms with E-state index in [9.17, 15) is 9.59 Å². The summed E-state index contributed by atoms with van der Waals surface area (Å²) >= 11 is 1.60. The normalized spacial score (nSPS) is 12.5. The Morgan fingerprint density at radius 1 is 1.08 bits per heavy atom. The Morgan fingerprint density at radius 3 is 2.65 bits per heavy atom. The third-order valence-electron chi connectivity index (χ3n) is 4.34. The third-order valence-corrected chi connectivity index (χ3v) is 5.36. The molecule has 4 nitrogen and oxygen atoms in total. The first kappa shape index (κ1) is 18.5. The topological polar surface area (TPSA) is 55.4 Å². The van der Waals surface area contributed by atoms with Gasteiger partial charge in [-0.3, -0.25) is 9.59 Å². The molecular formula is C21H23NO3S. The average molecular weight is 369 g/mol. The van der Waals surface area contributed by atoms with Crippen LogP contribution in [0.1, 0.15) is 29.5 Å². The Bertz CT molecular complexity index is 786. The van der Waals surface area contributed by atoms with Gasteiger partial charge in [0.25, 0.3) is 5.91 Å². The van der Waals surface area contributed by atoms with Crippen molar-refractivity contribution in [3.05, 3.63) is 59.2 Å². The molecule has 0 saturated heterocycles. The molecule has 1 N–H and O–H groups in total. The lowest BCUT2D eigenvalue weighted by Gasteiger charge is -2.08. The summed E-state index contributed by atoms with van der Waals surface area (Å²) in [6, 6.07) is 14.1. The summed E-state index contributed by atoms with van der Waals surface area (Å²) in [5.74, 6) is -0.0230. The summed E-state index contributed by atoms with van der Waals surface area (Å²) < 4.78 is 5.06. The molecule has 0 aliphatic heterocycles. The van der Waals surface area contributed by atoms with E-state index >= 15 is 0 Å². The number of carbonyl (C=O) groups excluding carboxylic acids is 2. The van der Waals surface area contributed by atoms with Crippen molar-refractivity contribution >= 4 is 29.3 Å². The van der Waals surface area contributed by atoms with E-state index in [4.69, 9.17) is 4.74 Å². The highest BCUT2D eigenvalue weighted by molar-refractivity contribution is 7.99. The van der Waals surface area contributed by atoms with Crippen molar-refractivity contribution in [2.75, 3.05) is 17.7 Å². The zero-order chi connectivity index (χ0) is 18.4. The molecule has 3 rings (SSSR count). The number of hydrogen-bond acceptors (Lipinski definition) is 4. The zero-order valence-corrected chi connectivity index (χ0v) is 15.7. The van der Waals surface area contributed by atoms with Crippen molar-refractivity contribution in [3.63, 3.8) is 0 Å². The van der Waals surface area contributed by atoms with Crippen LogP contribution in [0.4, 0.5) is 5.69 Å². The van der Waals surface area contributed by atoms with Crippen molar-refractivity contribution in [3.8, 4) is 0 Å². The Hall–Kier alpha value is -2.27. The van der Waals surface area contributed by atoms with Gasteiger partial charge >= 0.3 is 5.97 Å². The molecule has 2 aromatic carbocycles. The maximum absolute atomic E-state index is 12.0. The molecule has 0 atom stereocenters. The number of nitrogens with one attached hydrogen (secondary N) is 1. The van der Waals surface area contributed by atoms with Crippen molar-refractivity contribution in [2.24, 2.45) is 0 Å². The molecule has 0 aromatic heterocycles. The van der Waals surface area contributed by atoms with E-state index in [0.29, 0.717) is 5.75 Å². The fraction of sp³-hybridized carbons (Fsp3) is 0.333. The Morgan fingerprint density at radius 2 is 1.85 bits per heavy atom. The van der Waals surface area contributed by atoms with Gasteiger partial charge in [-0.2, -0.15) is 0 Å². The molecular weight excluding hydrogens is 346 g/mol. The Kier molecular flexibility index (Phi) is 6.34.